The van der Waals surface area contributed by atoms with Crippen molar-refractivity contribution in [3.63, 3.8) is 0 Å². The summed E-state index contributed by atoms with van der Waals surface area (Å²) in [5.41, 5.74) is 5.49. The molecule has 0 atom stereocenters. The number of imidazole rings is 1. The van der Waals surface area contributed by atoms with Crippen LogP contribution in [0.3, 0.4) is 0 Å². The molecule has 1 aliphatic rings. The van der Waals surface area contributed by atoms with Crippen LogP contribution >= 0.6 is 23.2 Å². The zero-order valence-electron chi connectivity index (χ0n) is 19.8. The number of hydrogen-bond acceptors (Lipinski definition) is 3. The molecule has 1 aliphatic carbocycles. The second kappa shape index (κ2) is 10.5. The van der Waals surface area contributed by atoms with Gasteiger partial charge in [-0.1, -0.05) is 60.3 Å². The first-order chi connectivity index (χ1) is 17.0. The van der Waals surface area contributed by atoms with Gasteiger partial charge in [0.05, 0.1) is 46.5 Å². The predicted molar refractivity (Wildman–Crippen MR) is 142 cm³/mol. The van der Waals surface area contributed by atoms with Crippen LogP contribution in [0.1, 0.15) is 36.8 Å². The molecule has 5 nitrogen and oxygen atoms in total. The number of aromatic nitrogens is 2. The highest BCUT2D eigenvalue weighted by molar-refractivity contribution is 6.42. The molecule has 0 unspecified atom stereocenters. The van der Waals surface area contributed by atoms with Gasteiger partial charge >= 0.3 is 0 Å². The number of ether oxygens (including phenoxy) is 1. The van der Waals surface area contributed by atoms with E-state index in [9.17, 15) is 5.11 Å². The van der Waals surface area contributed by atoms with Gasteiger partial charge < -0.3 is 19.0 Å². The first kappa shape index (κ1) is 24.0. The van der Waals surface area contributed by atoms with Gasteiger partial charge in [0, 0.05) is 7.05 Å². The Morgan fingerprint density at radius 3 is 2.20 bits per heavy atom. The second-order valence-corrected chi connectivity index (χ2v) is 10.1. The molecule has 1 N–H and O–H groups in total. The quantitative estimate of drug-likeness (QED) is 0.304. The maximum Gasteiger partial charge on any atom is 0.211 e. The summed E-state index contributed by atoms with van der Waals surface area (Å²) in [6.07, 6.45) is 5.17. The normalized spacial score (nSPS) is 14.8. The molecule has 0 amide bonds. The molecule has 0 saturated heterocycles. The predicted octanol–water partition coefficient (Wildman–Crippen LogP) is 6.63. The number of aliphatic hydroxyl groups excluding tert-OH is 1. The van der Waals surface area contributed by atoms with E-state index in [1.165, 1.54) is 25.7 Å². The lowest BCUT2D eigenvalue weighted by molar-refractivity contribution is 0.252. The Bertz CT molecular complexity index is 1380. The van der Waals surface area contributed by atoms with Gasteiger partial charge in [-0.25, -0.2) is 4.99 Å². The summed E-state index contributed by atoms with van der Waals surface area (Å²) in [6.45, 7) is 1.41. The van der Waals surface area contributed by atoms with Crippen molar-refractivity contribution in [2.75, 3.05) is 6.61 Å². The third-order valence-corrected chi connectivity index (χ3v) is 7.51. The zero-order chi connectivity index (χ0) is 24.4. The van der Waals surface area contributed by atoms with E-state index in [2.05, 4.69) is 4.57 Å². The highest BCUT2D eigenvalue weighted by Gasteiger charge is 2.16. The minimum absolute atomic E-state index is 0.0246. The lowest BCUT2D eigenvalue weighted by Crippen LogP contribution is -2.24. The summed E-state index contributed by atoms with van der Waals surface area (Å²) in [5, 5.41) is 10.4. The minimum atomic E-state index is 0.0246. The van der Waals surface area contributed by atoms with Crippen molar-refractivity contribution >= 4 is 39.9 Å². The molecule has 0 bridgehead atoms. The van der Waals surface area contributed by atoms with Crippen LogP contribution in [0.5, 0.6) is 5.75 Å². The van der Waals surface area contributed by atoms with Gasteiger partial charge in [-0.15, -0.1) is 0 Å². The summed E-state index contributed by atoms with van der Waals surface area (Å²) in [6, 6.07) is 19.6. The van der Waals surface area contributed by atoms with E-state index < -0.39 is 0 Å². The van der Waals surface area contributed by atoms with Crippen molar-refractivity contribution in [2.24, 2.45) is 18.0 Å². The van der Waals surface area contributed by atoms with E-state index in [-0.39, 0.29) is 6.61 Å². The standard InChI is InChI=1S/C28H29Cl2N3O2/c1-32-26-14-24(29)25(30)15-27(26)33(16-19-6-8-20(17-34)9-7-19)28(32)31-22-10-12-23(13-11-22)35-18-21-4-2-3-5-21/h6-15,21,34H,2-5,16-18H2,1H3. The van der Waals surface area contributed by atoms with Crippen molar-refractivity contribution in [1.82, 2.24) is 9.13 Å². The number of aryl methyl sites for hydroxylation is 1. The molecule has 1 saturated carbocycles. The van der Waals surface area contributed by atoms with Gasteiger partial charge in [0.25, 0.3) is 0 Å². The fourth-order valence-electron chi connectivity index (χ4n) is 4.75. The van der Waals surface area contributed by atoms with E-state index in [1.807, 2.05) is 72.3 Å². The molecule has 4 aromatic rings. The molecule has 1 heterocycles. The SMILES string of the molecule is Cn1c(=Nc2ccc(OCC3CCCC3)cc2)n(Cc2ccc(CO)cc2)c2cc(Cl)c(Cl)cc21. The van der Waals surface area contributed by atoms with Crippen molar-refractivity contribution in [1.29, 1.82) is 0 Å². The fraction of sp³-hybridized carbons (Fsp3) is 0.321. The van der Waals surface area contributed by atoms with E-state index in [1.54, 1.807) is 0 Å². The van der Waals surface area contributed by atoms with Crippen LogP contribution in [0.25, 0.3) is 11.0 Å². The smallest absolute Gasteiger partial charge is 0.211 e. The Labute approximate surface area is 215 Å². The average Bonchev–Trinajstić information content (AvgIpc) is 3.48. The third-order valence-electron chi connectivity index (χ3n) is 6.78. The number of hydrogen-bond donors (Lipinski definition) is 1. The van der Waals surface area contributed by atoms with Crippen LogP contribution in [-0.2, 0) is 20.2 Å². The number of rotatable bonds is 7. The topological polar surface area (TPSA) is 51.7 Å². The lowest BCUT2D eigenvalue weighted by Gasteiger charge is -2.11. The summed E-state index contributed by atoms with van der Waals surface area (Å²) in [5.74, 6) is 1.56. The van der Waals surface area contributed by atoms with E-state index in [0.717, 1.165) is 45.8 Å². The number of benzene rings is 3. The summed E-state index contributed by atoms with van der Waals surface area (Å²) in [7, 11) is 1.98. The van der Waals surface area contributed by atoms with Crippen LogP contribution in [0, 0.1) is 5.92 Å². The molecule has 5 rings (SSSR count). The number of nitrogens with zero attached hydrogens (tertiary/aromatic N) is 3. The van der Waals surface area contributed by atoms with Crippen LogP contribution in [0.15, 0.2) is 65.7 Å². The van der Waals surface area contributed by atoms with Crippen LogP contribution in [0.2, 0.25) is 10.0 Å². The van der Waals surface area contributed by atoms with Crippen LogP contribution < -0.4 is 10.4 Å². The fourth-order valence-corrected chi connectivity index (χ4v) is 5.07. The first-order valence-corrected chi connectivity index (χ1v) is 12.8. The highest BCUT2D eigenvalue weighted by atomic mass is 35.5. The Morgan fingerprint density at radius 2 is 1.54 bits per heavy atom. The molecule has 1 aromatic heterocycles. The summed E-state index contributed by atoms with van der Waals surface area (Å²) < 4.78 is 10.2. The largest absolute Gasteiger partial charge is 0.493 e. The van der Waals surface area contributed by atoms with Gasteiger partial charge in [-0.05, 0) is 66.3 Å². The maximum absolute atomic E-state index is 9.38. The minimum Gasteiger partial charge on any atom is -0.493 e. The molecule has 0 aliphatic heterocycles. The highest BCUT2D eigenvalue weighted by Crippen LogP contribution is 2.29. The zero-order valence-corrected chi connectivity index (χ0v) is 21.3. The molecular weight excluding hydrogens is 481 g/mol. The molecule has 3 aromatic carbocycles. The summed E-state index contributed by atoms with van der Waals surface area (Å²) in [4.78, 5) is 4.99. The van der Waals surface area contributed by atoms with Crippen LogP contribution in [0.4, 0.5) is 5.69 Å². The second-order valence-electron chi connectivity index (χ2n) is 9.24. The van der Waals surface area contributed by atoms with Crippen LogP contribution in [-0.4, -0.2) is 20.8 Å². The lowest BCUT2D eigenvalue weighted by atomic mass is 10.1. The number of fused-ring (bicyclic) bond motifs is 1. The Hall–Kier alpha value is -2.73. The first-order valence-electron chi connectivity index (χ1n) is 12.0. The Balaban J connectivity index is 1.51. The summed E-state index contributed by atoms with van der Waals surface area (Å²) >= 11 is 12.7. The van der Waals surface area contributed by atoms with E-state index in [0.29, 0.717) is 22.5 Å². The van der Waals surface area contributed by atoms with Gasteiger partial charge in [-0.2, -0.15) is 0 Å². The van der Waals surface area contributed by atoms with E-state index >= 15 is 0 Å². The Kier molecular flexibility index (Phi) is 7.19. The van der Waals surface area contributed by atoms with Crippen molar-refractivity contribution in [3.05, 3.63) is 87.5 Å². The molecule has 0 radical (unpaired) electrons. The average molecular weight is 510 g/mol. The molecule has 35 heavy (non-hydrogen) atoms. The third kappa shape index (κ3) is 5.27. The van der Waals surface area contributed by atoms with Gasteiger partial charge in [0.2, 0.25) is 5.62 Å². The van der Waals surface area contributed by atoms with Gasteiger partial charge in [0.1, 0.15) is 5.75 Å². The maximum atomic E-state index is 9.38. The molecular formula is C28H29Cl2N3O2. The monoisotopic (exact) mass is 509 g/mol. The molecule has 1 fully saturated rings. The molecule has 7 heteroatoms. The molecule has 0 spiro atoms. The van der Waals surface area contributed by atoms with Gasteiger partial charge in [-0.3, -0.25) is 0 Å². The Morgan fingerprint density at radius 1 is 0.914 bits per heavy atom. The van der Waals surface area contributed by atoms with E-state index in [4.69, 9.17) is 32.9 Å². The van der Waals surface area contributed by atoms with Gasteiger partial charge in [0.15, 0.2) is 0 Å². The van der Waals surface area contributed by atoms with Crippen molar-refractivity contribution in [3.8, 4) is 5.75 Å². The molecule has 182 valence electrons. The number of aliphatic hydroxyl groups is 1. The van der Waals surface area contributed by atoms with Crippen molar-refractivity contribution in [2.45, 2.75) is 38.8 Å². The van der Waals surface area contributed by atoms with Crippen molar-refractivity contribution < 1.29 is 9.84 Å². The number of halogens is 2.